The predicted molar refractivity (Wildman–Crippen MR) is 93.3 cm³/mol. The first-order chi connectivity index (χ1) is 11.3. The summed E-state index contributed by atoms with van der Waals surface area (Å²) in [5.41, 5.74) is 0.523. The maximum absolute atomic E-state index is 12.1. The van der Waals surface area contributed by atoms with Gasteiger partial charge in [-0.1, -0.05) is 23.2 Å². The first kappa shape index (κ1) is 18.5. The van der Waals surface area contributed by atoms with E-state index in [9.17, 15) is 13.2 Å². The number of anilines is 1. The molecule has 0 aliphatic carbocycles. The van der Waals surface area contributed by atoms with E-state index < -0.39 is 22.5 Å². The normalized spacial score (nSPS) is 11.1. The molecule has 2 aromatic carbocycles. The molecule has 0 saturated carbocycles. The third-order valence-corrected chi connectivity index (χ3v) is 5.14. The topological polar surface area (TPSA) is 84.5 Å². The molecule has 0 atom stereocenters. The van der Waals surface area contributed by atoms with E-state index in [0.717, 1.165) is 0 Å². The molecular weight excluding hydrogens is 375 g/mol. The number of rotatable bonds is 6. The standard InChI is InChI=1S/C15H14Cl2N2O4S/c1-23-11-4-2-10(3-5-11)19-15(20)9-18-24(21,22)12-6-7-13(16)14(17)8-12/h2-8,18H,9H2,1H3,(H,19,20). The Hall–Kier alpha value is -1.80. The van der Waals surface area contributed by atoms with Gasteiger partial charge in [0.1, 0.15) is 5.75 Å². The lowest BCUT2D eigenvalue weighted by molar-refractivity contribution is -0.115. The Labute approximate surface area is 149 Å². The predicted octanol–water partition coefficient (Wildman–Crippen LogP) is 2.92. The van der Waals surface area contributed by atoms with Crippen molar-refractivity contribution < 1.29 is 17.9 Å². The number of ether oxygens (including phenoxy) is 1. The Morgan fingerprint density at radius 1 is 1.08 bits per heavy atom. The first-order valence-electron chi connectivity index (χ1n) is 6.70. The van der Waals surface area contributed by atoms with E-state index in [1.165, 1.54) is 25.3 Å². The molecule has 0 aliphatic rings. The van der Waals surface area contributed by atoms with E-state index in [0.29, 0.717) is 11.4 Å². The number of benzene rings is 2. The molecule has 24 heavy (non-hydrogen) atoms. The summed E-state index contributed by atoms with van der Waals surface area (Å²) in [6.45, 7) is -0.422. The van der Waals surface area contributed by atoms with Crippen LogP contribution in [-0.2, 0) is 14.8 Å². The number of nitrogens with one attached hydrogen (secondary N) is 2. The lowest BCUT2D eigenvalue weighted by atomic mass is 10.3. The van der Waals surface area contributed by atoms with Crippen molar-refractivity contribution in [2.45, 2.75) is 4.90 Å². The number of hydrogen-bond donors (Lipinski definition) is 2. The summed E-state index contributed by atoms with van der Waals surface area (Å²) in [6.07, 6.45) is 0. The second-order valence-corrected chi connectivity index (χ2v) is 7.26. The minimum absolute atomic E-state index is 0.0749. The van der Waals surface area contributed by atoms with Crippen LogP contribution in [0.2, 0.25) is 10.0 Å². The monoisotopic (exact) mass is 388 g/mol. The van der Waals surface area contributed by atoms with Gasteiger partial charge in [0.2, 0.25) is 15.9 Å². The minimum Gasteiger partial charge on any atom is -0.497 e. The minimum atomic E-state index is -3.87. The number of halogens is 2. The van der Waals surface area contributed by atoms with E-state index in [-0.39, 0.29) is 14.9 Å². The van der Waals surface area contributed by atoms with Crippen LogP contribution in [0, 0.1) is 0 Å². The number of carbonyl (C=O) groups is 1. The van der Waals surface area contributed by atoms with E-state index in [1.54, 1.807) is 24.3 Å². The maximum atomic E-state index is 12.1. The molecule has 2 rings (SSSR count). The molecule has 6 nitrogen and oxygen atoms in total. The highest BCUT2D eigenvalue weighted by Crippen LogP contribution is 2.24. The van der Waals surface area contributed by atoms with Crippen LogP contribution in [0.1, 0.15) is 0 Å². The van der Waals surface area contributed by atoms with Gasteiger partial charge < -0.3 is 10.1 Å². The van der Waals surface area contributed by atoms with Crippen LogP contribution in [-0.4, -0.2) is 28.0 Å². The Morgan fingerprint density at radius 3 is 2.33 bits per heavy atom. The largest absolute Gasteiger partial charge is 0.497 e. The Morgan fingerprint density at radius 2 is 1.75 bits per heavy atom. The summed E-state index contributed by atoms with van der Waals surface area (Å²) in [5, 5.41) is 2.93. The Bertz CT molecular complexity index is 839. The molecule has 0 fully saturated rings. The number of carbonyl (C=O) groups excluding carboxylic acids is 1. The van der Waals surface area contributed by atoms with E-state index >= 15 is 0 Å². The van der Waals surface area contributed by atoms with Crippen molar-refractivity contribution in [2.75, 3.05) is 19.0 Å². The first-order valence-corrected chi connectivity index (χ1v) is 8.94. The zero-order chi connectivity index (χ0) is 17.7. The third-order valence-electron chi connectivity index (χ3n) is 3.00. The molecule has 2 aromatic rings. The number of hydrogen-bond acceptors (Lipinski definition) is 4. The molecule has 0 radical (unpaired) electrons. The molecule has 0 unspecified atom stereocenters. The van der Waals surface area contributed by atoms with Crippen molar-refractivity contribution in [1.29, 1.82) is 0 Å². The van der Waals surface area contributed by atoms with Crippen molar-refractivity contribution in [3.05, 3.63) is 52.5 Å². The van der Waals surface area contributed by atoms with Crippen LogP contribution in [0.15, 0.2) is 47.4 Å². The van der Waals surface area contributed by atoms with Crippen molar-refractivity contribution >= 4 is 44.8 Å². The van der Waals surface area contributed by atoms with Crippen molar-refractivity contribution in [3.63, 3.8) is 0 Å². The molecule has 0 heterocycles. The fourth-order valence-electron chi connectivity index (χ4n) is 1.77. The molecule has 9 heteroatoms. The molecule has 0 aliphatic heterocycles. The van der Waals surface area contributed by atoms with Gasteiger partial charge in [0.05, 0.1) is 28.6 Å². The van der Waals surface area contributed by atoms with Gasteiger partial charge in [0, 0.05) is 5.69 Å². The van der Waals surface area contributed by atoms with Gasteiger partial charge in [-0.15, -0.1) is 0 Å². The number of amides is 1. The second-order valence-electron chi connectivity index (χ2n) is 4.68. The molecule has 1 amide bonds. The highest BCUT2D eigenvalue weighted by Gasteiger charge is 2.16. The summed E-state index contributed by atoms with van der Waals surface area (Å²) in [7, 11) is -2.34. The Kier molecular flexibility index (Phi) is 6.06. The Balaban J connectivity index is 1.97. The molecule has 0 saturated heterocycles. The summed E-state index contributed by atoms with van der Waals surface area (Å²) in [5.74, 6) is 0.136. The van der Waals surface area contributed by atoms with Crippen molar-refractivity contribution in [2.24, 2.45) is 0 Å². The van der Waals surface area contributed by atoms with Gasteiger partial charge in [-0.25, -0.2) is 13.1 Å². The van der Waals surface area contributed by atoms with Crippen LogP contribution < -0.4 is 14.8 Å². The van der Waals surface area contributed by atoms with Crippen LogP contribution >= 0.6 is 23.2 Å². The fourth-order valence-corrected chi connectivity index (χ4v) is 3.14. The van der Waals surface area contributed by atoms with Crippen molar-refractivity contribution in [3.8, 4) is 5.75 Å². The summed E-state index contributed by atoms with van der Waals surface area (Å²) >= 11 is 11.6. The quantitative estimate of drug-likeness (QED) is 0.796. The highest BCUT2D eigenvalue weighted by atomic mass is 35.5. The fraction of sp³-hybridized carbons (Fsp3) is 0.133. The lowest BCUT2D eigenvalue weighted by Crippen LogP contribution is -2.32. The molecule has 128 valence electrons. The lowest BCUT2D eigenvalue weighted by Gasteiger charge is -2.09. The molecule has 0 aromatic heterocycles. The molecule has 0 bridgehead atoms. The van der Waals surface area contributed by atoms with Crippen LogP contribution in [0.4, 0.5) is 5.69 Å². The zero-order valence-corrected chi connectivity index (χ0v) is 14.9. The van der Waals surface area contributed by atoms with Gasteiger partial charge in [-0.3, -0.25) is 4.79 Å². The highest BCUT2D eigenvalue weighted by molar-refractivity contribution is 7.89. The van der Waals surface area contributed by atoms with Crippen LogP contribution in [0.5, 0.6) is 5.75 Å². The van der Waals surface area contributed by atoms with Gasteiger partial charge in [-0.05, 0) is 42.5 Å². The van der Waals surface area contributed by atoms with Gasteiger partial charge in [0.25, 0.3) is 0 Å². The smallest absolute Gasteiger partial charge is 0.241 e. The summed E-state index contributed by atoms with van der Waals surface area (Å²) in [4.78, 5) is 11.8. The van der Waals surface area contributed by atoms with Gasteiger partial charge >= 0.3 is 0 Å². The van der Waals surface area contributed by atoms with Gasteiger partial charge in [0.15, 0.2) is 0 Å². The summed E-state index contributed by atoms with van der Waals surface area (Å²) < 4.78 is 31.5. The summed E-state index contributed by atoms with van der Waals surface area (Å²) in [6, 6.07) is 10.5. The average Bonchev–Trinajstić information content (AvgIpc) is 2.56. The zero-order valence-electron chi connectivity index (χ0n) is 12.5. The second kappa shape index (κ2) is 7.85. The van der Waals surface area contributed by atoms with Crippen LogP contribution in [0.3, 0.4) is 0 Å². The van der Waals surface area contributed by atoms with Crippen LogP contribution in [0.25, 0.3) is 0 Å². The molecular formula is C15H14Cl2N2O4S. The number of sulfonamides is 1. The number of methoxy groups -OCH3 is 1. The maximum Gasteiger partial charge on any atom is 0.241 e. The SMILES string of the molecule is COc1ccc(NC(=O)CNS(=O)(=O)c2ccc(Cl)c(Cl)c2)cc1. The van der Waals surface area contributed by atoms with Gasteiger partial charge in [-0.2, -0.15) is 0 Å². The van der Waals surface area contributed by atoms with E-state index in [4.69, 9.17) is 27.9 Å². The molecule has 0 spiro atoms. The molecule has 2 N–H and O–H groups in total. The van der Waals surface area contributed by atoms with Crippen molar-refractivity contribution in [1.82, 2.24) is 4.72 Å². The average molecular weight is 389 g/mol. The van der Waals surface area contributed by atoms with E-state index in [2.05, 4.69) is 10.0 Å². The van der Waals surface area contributed by atoms with E-state index in [1.807, 2.05) is 0 Å². The third kappa shape index (κ3) is 4.85.